The third-order valence-electron chi connectivity index (χ3n) is 2.83. The molecule has 120 valence electrons. The topological polar surface area (TPSA) is 66.4 Å². The number of nitrogens with one attached hydrogen (secondary N) is 1. The number of aliphatic hydroxyl groups is 1. The zero-order valence-electron chi connectivity index (χ0n) is 13.2. The van der Waals surface area contributed by atoms with E-state index in [0.29, 0.717) is 0 Å². The highest BCUT2D eigenvalue weighted by atomic mass is 32.2. The van der Waals surface area contributed by atoms with Gasteiger partial charge in [0.05, 0.1) is 11.0 Å². The standard InChI is InChI=1S/C17H23NO3S/c1-13(2)6-5-7-14(3)16-8-10-17(11-9-16)22(20,21)18-12-15(4)19/h5-11,15,18-19H,3,12H2,1-2,4H3/b7-5-/t15-/m1/s1. The molecule has 0 aliphatic heterocycles. The second-order valence-electron chi connectivity index (χ2n) is 5.35. The van der Waals surface area contributed by atoms with Gasteiger partial charge in [0, 0.05) is 6.54 Å². The van der Waals surface area contributed by atoms with Gasteiger partial charge in [0.25, 0.3) is 0 Å². The molecule has 0 unspecified atom stereocenters. The SMILES string of the molecule is C=C(/C=C\C=C(C)C)c1ccc(S(=O)(=O)NC[C@@H](C)O)cc1. The van der Waals surface area contributed by atoms with Crippen molar-refractivity contribution in [1.82, 2.24) is 4.72 Å². The van der Waals surface area contributed by atoms with Gasteiger partial charge in [-0.15, -0.1) is 0 Å². The Morgan fingerprint density at radius 3 is 2.41 bits per heavy atom. The highest BCUT2D eigenvalue weighted by Gasteiger charge is 2.14. The number of rotatable bonds is 7. The molecule has 0 saturated heterocycles. The second kappa shape index (κ2) is 8.08. The Labute approximate surface area is 132 Å². The molecule has 0 amide bonds. The van der Waals surface area contributed by atoms with E-state index < -0.39 is 16.1 Å². The summed E-state index contributed by atoms with van der Waals surface area (Å²) < 4.78 is 26.3. The zero-order valence-corrected chi connectivity index (χ0v) is 14.0. The predicted octanol–water partition coefficient (Wildman–Crippen LogP) is 2.88. The number of sulfonamides is 1. The van der Waals surface area contributed by atoms with Gasteiger partial charge in [-0.2, -0.15) is 0 Å². The normalized spacial score (nSPS) is 13.1. The molecule has 2 N–H and O–H groups in total. The lowest BCUT2D eigenvalue weighted by atomic mass is 10.1. The number of allylic oxidation sites excluding steroid dienone is 5. The van der Waals surface area contributed by atoms with Gasteiger partial charge < -0.3 is 5.11 Å². The van der Waals surface area contributed by atoms with Gasteiger partial charge in [-0.25, -0.2) is 13.1 Å². The fourth-order valence-electron chi connectivity index (χ4n) is 1.61. The van der Waals surface area contributed by atoms with Gasteiger partial charge in [0.15, 0.2) is 0 Å². The Morgan fingerprint density at radius 1 is 1.32 bits per heavy atom. The molecule has 0 fully saturated rings. The van der Waals surface area contributed by atoms with Gasteiger partial charge in [-0.1, -0.05) is 42.5 Å². The lowest BCUT2D eigenvalue weighted by molar-refractivity contribution is 0.198. The van der Waals surface area contributed by atoms with Crippen LogP contribution in [0.1, 0.15) is 26.3 Å². The van der Waals surface area contributed by atoms with E-state index in [4.69, 9.17) is 5.11 Å². The number of hydrogen-bond acceptors (Lipinski definition) is 3. The summed E-state index contributed by atoms with van der Waals surface area (Å²) in [5, 5.41) is 9.15. The van der Waals surface area contributed by atoms with Crippen molar-refractivity contribution in [3.63, 3.8) is 0 Å². The highest BCUT2D eigenvalue weighted by Crippen LogP contribution is 2.17. The van der Waals surface area contributed by atoms with Crippen LogP contribution >= 0.6 is 0 Å². The van der Waals surface area contributed by atoms with Crippen molar-refractivity contribution in [2.75, 3.05) is 6.54 Å². The first-order valence-corrected chi connectivity index (χ1v) is 8.49. The second-order valence-corrected chi connectivity index (χ2v) is 7.12. The molecule has 0 bridgehead atoms. The molecule has 4 nitrogen and oxygen atoms in total. The Bertz CT molecular complexity index is 664. The summed E-state index contributed by atoms with van der Waals surface area (Å²) in [5.74, 6) is 0. The van der Waals surface area contributed by atoms with E-state index in [2.05, 4.69) is 11.3 Å². The van der Waals surface area contributed by atoms with E-state index in [1.165, 1.54) is 24.6 Å². The summed E-state index contributed by atoms with van der Waals surface area (Å²) in [5.41, 5.74) is 2.85. The molecule has 5 heteroatoms. The van der Waals surface area contributed by atoms with Crippen LogP contribution in [0.25, 0.3) is 5.57 Å². The van der Waals surface area contributed by atoms with Crippen LogP contribution in [0.5, 0.6) is 0 Å². The molecule has 0 aliphatic carbocycles. The lowest BCUT2D eigenvalue weighted by Gasteiger charge is -2.09. The summed E-state index contributed by atoms with van der Waals surface area (Å²) in [6.07, 6.45) is 5.03. The molecular weight excluding hydrogens is 298 g/mol. The maximum absolute atomic E-state index is 12.0. The number of benzene rings is 1. The van der Waals surface area contributed by atoms with Crippen molar-refractivity contribution in [1.29, 1.82) is 0 Å². The van der Waals surface area contributed by atoms with Crippen molar-refractivity contribution >= 4 is 15.6 Å². The van der Waals surface area contributed by atoms with Crippen LogP contribution < -0.4 is 4.72 Å². The molecule has 0 radical (unpaired) electrons. The van der Waals surface area contributed by atoms with Gasteiger partial charge in [0.1, 0.15) is 0 Å². The average molecular weight is 321 g/mol. The van der Waals surface area contributed by atoms with Crippen LogP contribution in [0, 0.1) is 0 Å². The van der Waals surface area contributed by atoms with Gasteiger partial charge in [-0.05, 0) is 44.0 Å². The predicted molar refractivity (Wildman–Crippen MR) is 90.9 cm³/mol. The van der Waals surface area contributed by atoms with Crippen LogP contribution in [0.15, 0.2) is 59.5 Å². The summed E-state index contributed by atoms with van der Waals surface area (Å²) in [4.78, 5) is 0.165. The molecule has 0 saturated carbocycles. The zero-order chi connectivity index (χ0) is 16.8. The quantitative estimate of drug-likeness (QED) is 0.759. The van der Waals surface area contributed by atoms with E-state index in [1.54, 1.807) is 12.1 Å². The summed E-state index contributed by atoms with van der Waals surface area (Å²) in [6.45, 7) is 9.48. The summed E-state index contributed by atoms with van der Waals surface area (Å²) >= 11 is 0. The third-order valence-corrected chi connectivity index (χ3v) is 4.27. The van der Waals surface area contributed by atoms with E-state index in [0.717, 1.165) is 11.1 Å². The van der Waals surface area contributed by atoms with Gasteiger partial charge in [-0.3, -0.25) is 0 Å². The maximum atomic E-state index is 12.0. The van der Waals surface area contributed by atoms with Crippen LogP contribution in [-0.4, -0.2) is 26.2 Å². The summed E-state index contributed by atoms with van der Waals surface area (Å²) in [6, 6.07) is 6.48. The van der Waals surface area contributed by atoms with Crippen LogP contribution in [0.3, 0.4) is 0 Å². The highest BCUT2D eigenvalue weighted by molar-refractivity contribution is 7.89. The average Bonchev–Trinajstić information content (AvgIpc) is 2.45. The van der Waals surface area contributed by atoms with E-state index >= 15 is 0 Å². The third kappa shape index (κ3) is 5.97. The first kappa shape index (κ1) is 18.4. The molecule has 0 aromatic heterocycles. The Balaban J connectivity index is 2.84. The molecule has 22 heavy (non-hydrogen) atoms. The van der Waals surface area contributed by atoms with Crippen molar-refractivity contribution in [2.24, 2.45) is 0 Å². The molecular formula is C17H23NO3S. The molecule has 1 aromatic carbocycles. The molecule has 0 heterocycles. The van der Waals surface area contributed by atoms with Crippen molar-refractivity contribution in [3.05, 3.63) is 60.2 Å². The molecule has 0 aliphatic rings. The Hall–Kier alpha value is -1.69. The van der Waals surface area contributed by atoms with E-state index in [-0.39, 0.29) is 11.4 Å². The van der Waals surface area contributed by atoms with Crippen molar-refractivity contribution < 1.29 is 13.5 Å². The van der Waals surface area contributed by atoms with E-state index in [1.807, 2.05) is 32.1 Å². The van der Waals surface area contributed by atoms with Gasteiger partial charge >= 0.3 is 0 Å². The van der Waals surface area contributed by atoms with Crippen LogP contribution in [0.2, 0.25) is 0 Å². The molecule has 0 spiro atoms. The minimum atomic E-state index is -3.59. The number of hydrogen-bond donors (Lipinski definition) is 2. The lowest BCUT2D eigenvalue weighted by Crippen LogP contribution is -2.30. The minimum absolute atomic E-state index is 0.0117. The van der Waals surface area contributed by atoms with Crippen LogP contribution in [-0.2, 0) is 10.0 Å². The number of aliphatic hydroxyl groups excluding tert-OH is 1. The fourth-order valence-corrected chi connectivity index (χ4v) is 2.74. The van der Waals surface area contributed by atoms with Crippen molar-refractivity contribution in [2.45, 2.75) is 31.8 Å². The first-order valence-electron chi connectivity index (χ1n) is 7.01. The largest absolute Gasteiger partial charge is 0.392 e. The molecule has 1 aromatic rings. The van der Waals surface area contributed by atoms with Crippen molar-refractivity contribution in [3.8, 4) is 0 Å². The first-order chi connectivity index (χ1) is 10.2. The minimum Gasteiger partial charge on any atom is -0.392 e. The Kier molecular flexibility index (Phi) is 6.74. The van der Waals surface area contributed by atoms with Crippen LogP contribution in [0.4, 0.5) is 0 Å². The Morgan fingerprint density at radius 2 is 1.91 bits per heavy atom. The van der Waals surface area contributed by atoms with Gasteiger partial charge in [0.2, 0.25) is 10.0 Å². The fraction of sp³-hybridized carbons (Fsp3) is 0.294. The molecule has 1 rings (SSSR count). The summed E-state index contributed by atoms with van der Waals surface area (Å²) in [7, 11) is -3.59. The molecule has 1 atom stereocenters. The van der Waals surface area contributed by atoms with E-state index in [9.17, 15) is 8.42 Å². The maximum Gasteiger partial charge on any atom is 0.240 e. The smallest absolute Gasteiger partial charge is 0.240 e. The monoisotopic (exact) mass is 321 g/mol.